The summed E-state index contributed by atoms with van der Waals surface area (Å²) in [5.41, 5.74) is 0.570. The van der Waals surface area contributed by atoms with E-state index in [-0.39, 0.29) is 24.0 Å². The smallest absolute Gasteiger partial charge is 0.221 e. The van der Waals surface area contributed by atoms with Gasteiger partial charge in [-0.25, -0.2) is 0 Å². The molecule has 0 saturated carbocycles. The van der Waals surface area contributed by atoms with E-state index in [0.29, 0.717) is 17.9 Å². The van der Waals surface area contributed by atoms with Gasteiger partial charge in [0.2, 0.25) is 12.5 Å². The molecule has 1 rings (SSSR count). The summed E-state index contributed by atoms with van der Waals surface area (Å²) in [5.74, 6) is 0.331. The highest BCUT2D eigenvalue weighted by Crippen LogP contribution is 2.23. The lowest BCUT2D eigenvalue weighted by Crippen LogP contribution is -2.10. The van der Waals surface area contributed by atoms with Crippen LogP contribution >= 0.6 is 0 Å². The molecule has 1 aromatic carbocycles. The Bertz CT molecular complexity index is 406. The lowest BCUT2D eigenvalue weighted by atomic mass is 10.3. The average Bonchev–Trinajstić information content (AvgIpc) is 2.25. The van der Waals surface area contributed by atoms with E-state index in [1.807, 2.05) is 0 Å². The second kappa shape index (κ2) is 6.47. The quantitative estimate of drug-likeness (QED) is 0.464. The van der Waals surface area contributed by atoms with Crippen LogP contribution < -0.4 is 10.1 Å². The number of ether oxygens (including phenoxy) is 1. The summed E-state index contributed by atoms with van der Waals surface area (Å²) in [6, 6.07) is 6.96. The minimum absolute atomic E-state index is 0.123. The van der Waals surface area contributed by atoms with Gasteiger partial charge in [-0.3, -0.25) is 14.9 Å². The maximum Gasteiger partial charge on any atom is 0.221 e. The number of nitro groups is 1. The van der Waals surface area contributed by atoms with E-state index in [1.54, 1.807) is 24.3 Å². The number of hydrogen-bond donors (Lipinski definition) is 1. The molecule has 0 aromatic heterocycles. The van der Waals surface area contributed by atoms with Gasteiger partial charge in [0.25, 0.3) is 0 Å². The topological polar surface area (TPSA) is 81.5 Å². The summed E-state index contributed by atoms with van der Waals surface area (Å²) in [4.78, 5) is 20.7. The average molecular weight is 238 g/mol. The molecule has 1 aromatic rings. The van der Waals surface area contributed by atoms with E-state index >= 15 is 0 Å². The maximum absolute atomic E-state index is 10.9. The van der Waals surface area contributed by atoms with Crippen LogP contribution in [0.2, 0.25) is 0 Å². The number of benzene rings is 1. The molecule has 0 aliphatic rings. The van der Waals surface area contributed by atoms with E-state index < -0.39 is 0 Å². The van der Waals surface area contributed by atoms with Crippen molar-refractivity contribution in [3.05, 3.63) is 34.4 Å². The van der Waals surface area contributed by atoms with E-state index in [2.05, 4.69) is 5.32 Å². The number of anilines is 1. The van der Waals surface area contributed by atoms with Gasteiger partial charge < -0.3 is 10.1 Å². The third kappa shape index (κ3) is 4.96. The Hall–Kier alpha value is -2.11. The van der Waals surface area contributed by atoms with Crippen molar-refractivity contribution in [3.63, 3.8) is 0 Å². The molecule has 1 N–H and O–H groups in total. The molecule has 0 bridgehead atoms. The predicted octanol–water partition coefficient (Wildman–Crippen LogP) is 1.69. The predicted molar refractivity (Wildman–Crippen MR) is 62.7 cm³/mol. The Morgan fingerprint density at radius 2 is 2.18 bits per heavy atom. The second-order valence-electron chi connectivity index (χ2n) is 3.44. The molecule has 0 aliphatic carbocycles. The first kappa shape index (κ1) is 13.0. The molecule has 0 unspecified atom stereocenters. The van der Waals surface area contributed by atoms with E-state index in [1.165, 1.54) is 6.92 Å². The molecule has 0 fully saturated rings. The number of nitrogens with zero attached hydrogens (tertiary/aromatic N) is 1. The minimum Gasteiger partial charge on any atom is -0.491 e. The van der Waals surface area contributed by atoms with Crippen LogP contribution in [0.3, 0.4) is 0 Å². The summed E-state index contributed by atoms with van der Waals surface area (Å²) in [6.45, 7) is 1.53. The molecule has 1 amide bonds. The first-order valence-corrected chi connectivity index (χ1v) is 5.21. The highest BCUT2D eigenvalue weighted by atomic mass is 16.6. The molecule has 0 saturated heterocycles. The van der Waals surface area contributed by atoms with Crippen LogP contribution in [-0.2, 0) is 4.79 Å². The minimum atomic E-state index is -0.386. The lowest BCUT2D eigenvalue weighted by Gasteiger charge is -2.10. The van der Waals surface area contributed by atoms with Crippen LogP contribution in [0, 0.1) is 10.1 Å². The molecule has 92 valence electrons. The summed E-state index contributed by atoms with van der Waals surface area (Å²) < 4.78 is 5.37. The Morgan fingerprint density at radius 1 is 1.47 bits per heavy atom. The summed E-state index contributed by atoms with van der Waals surface area (Å²) >= 11 is 0. The fourth-order valence-corrected chi connectivity index (χ4v) is 1.26. The van der Waals surface area contributed by atoms with Crippen molar-refractivity contribution < 1.29 is 14.5 Å². The van der Waals surface area contributed by atoms with Gasteiger partial charge in [0, 0.05) is 18.3 Å². The normalized spacial score (nSPS) is 9.71. The van der Waals surface area contributed by atoms with E-state index in [0.717, 1.165) is 0 Å². The van der Waals surface area contributed by atoms with Gasteiger partial charge in [-0.2, -0.15) is 0 Å². The highest BCUT2D eigenvalue weighted by Gasteiger charge is 2.04. The molecule has 0 atom stereocenters. The van der Waals surface area contributed by atoms with Crippen LogP contribution in [-0.4, -0.2) is 24.0 Å². The number of amides is 1. The SMILES string of the molecule is CC(=O)Nc1ccccc1OCCC[N+](=O)[O-]. The number of rotatable bonds is 6. The van der Waals surface area contributed by atoms with E-state index in [9.17, 15) is 14.9 Å². The number of hydrogen-bond acceptors (Lipinski definition) is 4. The van der Waals surface area contributed by atoms with E-state index in [4.69, 9.17) is 4.74 Å². The number of carbonyl (C=O) groups excluding carboxylic acids is 1. The zero-order valence-corrected chi connectivity index (χ0v) is 9.51. The van der Waals surface area contributed by atoms with Crippen molar-refractivity contribution in [2.24, 2.45) is 0 Å². The third-order valence-corrected chi connectivity index (χ3v) is 1.94. The number of nitrogens with one attached hydrogen (secondary N) is 1. The van der Waals surface area contributed by atoms with Gasteiger partial charge in [-0.05, 0) is 12.1 Å². The number of para-hydroxylation sites is 2. The summed E-state index contributed by atoms with van der Waals surface area (Å²) in [7, 11) is 0. The van der Waals surface area contributed by atoms with Crippen molar-refractivity contribution in [1.29, 1.82) is 0 Å². The number of carbonyl (C=O) groups is 1. The molecule has 6 nitrogen and oxygen atoms in total. The Labute approximate surface area is 98.7 Å². The van der Waals surface area contributed by atoms with Crippen molar-refractivity contribution in [1.82, 2.24) is 0 Å². The largest absolute Gasteiger partial charge is 0.491 e. The monoisotopic (exact) mass is 238 g/mol. The van der Waals surface area contributed by atoms with Crippen molar-refractivity contribution >= 4 is 11.6 Å². The standard InChI is InChI=1S/C11H14N2O4/c1-9(14)12-10-5-2-3-6-11(10)17-8-4-7-13(15)16/h2-3,5-6H,4,7-8H2,1H3,(H,12,14). The van der Waals surface area contributed by atoms with Gasteiger partial charge in [0.05, 0.1) is 12.3 Å². The Kier molecular flexibility index (Phi) is 4.93. The van der Waals surface area contributed by atoms with Crippen molar-refractivity contribution in [2.75, 3.05) is 18.5 Å². The van der Waals surface area contributed by atoms with Gasteiger partial charge in [0.1, 0.15) is 5.75 Å². The Morgan fingerprint density at radius 3 is 2.82 bits per heavy atom. The highest BCUT2D eigenvalue weighted by molar-refractivity contribution is 5.90. The third-order valence-electron chi connectivity index (χ3n) is 1.94. The lowest BCUT2D eigenvalue weighted by molar-refractivity contribution is -0.480. The molecule has 0 spiro atoms. The molecule has 0 radical (unpaired) electrons. The second-order valence-corrected chi connectivity index (χ2v) is 3.44. The zero-order valence-electron chi connectivity index (χ0n) is 9.51. The Balaban J connectivity index is 2.51. The van der Waals surface area contributed by atoms with Crippen LogP contribution in [0.5, 0.6) is 5.75 Å². The molecule has 0 heterocycles. The fourth-order valence-electron chi connectivity index (χ4n) is 1.26. The van der Waals surface area contributed by atoms with Gasteiger partial charge in [-0.1, -0.05) is 12.1 Å². The van der Waals surface area contributed by atoms with Gasteiger partial charge in [0.15, 0.2) is 0 Å². The molecular weight excluding hydrogens is 224 g/mol. The molecule has 0 aliphatic heterocycles. The summed E-state index contributed by atoms with van der Waals surface area (Å²) in [6.07, 6.45) is 0.335. The van der Waals surface area contributed by atoms with Crippen LogP contribution in [0.1, 0.15) is 13.3 Å². The first-order valence-electron chi connectivity index (χ1n) is 5.21. The van der Waals surface area contributed by atoms with Gasteiger partial charge >= 0.3 is 0 Å². The first-order chi connectivity index (χ1) is 8.09. The molecular formula is C11H14N2O4. The van der Waals surface area contributed by atoms with Gasteiger partial charge in [-0.15, -0.1) is 0 Å². The van der Waals surface area contributed by atoms with Crippen LogP contribution in [0.15, 0.2) is 24.3 Å². The summed E-state index contributed by atoms with van der Waals surface area (Å²) in [5, 5.41) is 12.7. The fraction of sp³-hybridized carbons (Fsp3) is 0.364. The zero-order chi connectivity index (χ0) is 12.7. The maximum atomic E-state index is 10.9. The molecule has 17 heavy (non-hydrogen) atoms. The van der Waals surface area contributed by atoms with Crippen molar-refractivity contribution in [3.8, 4) is 5.75 Å². The van der Waals surface area contributed by atoms with Crippen LogP contribution in [0.25, 0.3) is 0 Å². The van der Waals surface area contributed by atoms with Crippen LogP contribution in [0.4, 0.5) is 5.69 Å². The van der Waals surface area contributed by atoms with Crippen molar-refractivity contribution in [2.45, 2.75) is 13.3 Å². The molecule has 6 heteroatoms.